The fourth-order valence-electron chi connectivity index (χ4n) is 2.69. The second-order valence-corrected chi connectivity index (χ2v) is 5.22. The van der Waals surface area contributed by atoms with Crippen LogP contribution in [-0.2, 0) is 6.54 Å². The van der Waals surface area contributed by atoms with E-state index in [-0.39, 0.29) is 0 Å². The van der Waals surface area contributed by atoms with Crippen LogP contribution in [0.3, 0.4) is 0 Å². The maximum absolute atomic E-state index is 4.58. The Morgan fingerprint density at radius 1 is 1.21 bits per heavy atom. The van der Waals surface area contributed by atoms with Crippen LogP contribution in [-0.4, -0.2) is 27.9 Å². The van der Waals surface area contributed by atoms with Gasteiger partial charge in [0.1, 0.15) is 5.82 Å². The Balaban J connectivity index is 1.85. The number of nitrogens with zero attached hydrogens (tertiary/aromatic N) is 3. The molecule has 0 aliphatic carbocycles. The predicted octanol–water partition coefficient (Wildman–Crippen LogP) is 2.25. The summed E-state index contributed by atoms with van der Waals surface area (Å²) in [6, 6.07) is 10.3. The van der Waals surface area contributed by atoms with Gasteiger partial charge >= 0.3 is 0 Å². The van der Waals surface area contributed by atoms with E-state index in [1.54, 1.807) is 0 Å². The van der Waals surface area contributed by atoms with E-state index in [1.165, 1.54) is 12.8 Å². The average molecular weight is 256 g/mol. The topological polar surface area (TPSA) is 42.7 Å². The largest absolute Gasteiger partial charge is 0.317 e. The van der Waals surface area contributed by atoms with Crippen molar-refractivity contribution >= 4 is 0 Å². The Kier molecular flexibility index (Phi) is 3.60. The number of nitrogens with one attached hydrogen (secondary N) is 1. The van der Waals surface area contributed by atoms with Crippen LogP contribution in [0.1, 0.15) is 18.7 Å². The zero-order chi connectivity index (χ0) is 13.1. The quantitative estimate of drug-likeness (QED) is 0.916. The molecule has 0 atom stereocenters. The van der Waals surface area contributed by atoms with Crippen LogP contribution in [0.25, 0.3) is 11.4 Å². The van der Waals surface area contributed by atoms with Gasteiger partial charge in [-0.25, -0.2) is 9.67 Å². The number of hydrogen-bond acceptors (Lipinski definition) is 3. The molecule has 0 spiro atoms. The van der Waals surface area contributed by atoms with Gasteiger partial charge in [0, 0.05) is 12.1 Å². The SMILES string of the molecule is Cc1nc(-c2ccccc2)n(CC2CCNCC2)n1. The predicted molar refractivity (Wildman–Crippen MR) is 75.8 cm³/mol. The second kappa shape index (κ2) is 5.53. The van der Waals surface area contributed by atoms with Crippen molar-refractivity contribution < 1.29 is 0 Å². The van der Waals surface area contributed by atoms with Crippen LogP contribution in [0.2, 0.25) is 0 Å². The van der Waals surface area contributed by atoms with E-state index < -0.39 is 0 Å². The van der Waals surface area contributed by atoms with Crippen molar-refractivity contribution in [2.75, 3.05) is 13.1 Å². The maximum Gasteiger partial charge on any atom is 0.158 e. The van der Waals surface area contributed by atoms with Crippen molar-refractivity contribution in [3.05, 3.63) is 36.2 Å². The molecule has 1 aliphatic heterocycles. The molecule has 1 N–H and O–H groups in total. The molecule has 1 aromatic carbocycles. The smallest absolute Gasteiger partial charge is 0.158 e. The summed E-state index contributed by atoms with van der Waals surface area (Å²) in [5, 5.41) is 7.97. The van der Waals surface area contributed by atoms with Crippen LogP contribution in [0.4, 0.5) is 0 Å². The number of aromatic nitrogens is 3. The second-order valence-electron chi connectivity index (χ2n) is 5.22. The summed E-state index contributed by atoms with van der Waals surface area (Å²) < 4.78 is 2.08. The van der Waals surface area contributed by atoms with E-state index >= 15 is 0 Å². The third kappa shape index (κ3) is 2.84. The van der Waals surface area contributed by atoms with Crippen molar-refractivity contribution in [2.24, 2.45) is 5.92 Å². The minimum atomic E-state index is 0.713. The van der Waals surface area contributed by atoms with Gasteiger partial charge in [-0.15, -0.1) is 0 Å². The first-order valence-electron chi connectivity index (χ1n) is 7.00. The first kappa shape index (κ1) is 12.4. The normalized spacial score (nSPS) is 16.7. The van der Waals surface area contributed by atoms with E-state index in [9.17, 15) is 0 Å². The molecule has 1 aromatic heterocycles. The first-order valence-corrected chi connectivity index (χ1v) is 7.00. The van der Waals surface area contributed by atoms with Gasteiger partial charge in [-0.3, -0.25) is 0 Å². The Hall–Kier alpha value is -1.68. The zero-order valence-corrected chi connectivity index (χ0v) is 11.3. The van der Waals surface area contributed by atoms with E-state index in [0.717, 1.165) is 36.8 Å². The summed E-state index contributed by atoms with van der Waals surface area (Å²) >= 11 is 0. The van der Waals surface area contributed by atoms with Crippen molar-refractivity contribution in [1.82, 2.24) is 20.1 Å². The van der Waals surface area contributed by atoms with Crippen LogP contribution in [0.15, 0.2) is 30.3 Å². The molecule has 1 fully saturated rings. The lowest BCUT2D eigenvalue weighted by molar-refractivity contribution is 0.322. The minimum Gasteiger partial charge on any atom is -0.317 e. The molecule has 1 saturated heterocycles. The summed E-state index contributed by atoms with van der Waals surface area (Å²) in [5.74, 6) is 2.56. The van der Waals surface area contributed by atoms with Crippen LogP contribution in [0.5, 0.6) is 0 Å². The number of piperidine rings is 1. The molecule has 3 rings (SSSR count). The van der Waals surface area contributed by atoms with Crippen molar-refractivity contribution in [3.63, 3.8) is 0 Å². The summed E-state index contributed by atoms with van der Waals surface area (Å²) in [6.45, 7) is 5.19. The van der Waals surface area contributed by atoms with Crippen LogP contribution in [0, 0.1) is 12.8 Å². The summed E-state index contributed by atoms with van der Waals surface area (Å²) in [5.41, 5.74) is 1.15. The highest BCUT2D eigenvalue weighted by molar-refractivity contribution is 5.54. The molecule has 19 heavy (non-hydrogen) atoms. The number of hydrogen-bond donors (Lipinski definition) is 1. The summed E-state index contributed by atoms with van der Waals surface area (Å²) in [7, 11) is 0. The minimum absolute atomic E-state index is 0.713. The van der Waals surface area contributed by atoms with Gasteiger partial charge in [-0.1, -0.05) is 30.3 Å². The fourth-order valence-corrected chi connectivity index (χ4v) is 2.69. The van der Waals surface area contributed by atoms with Crippen LogP contribution >= 0.6 is 0 Å². The van der Waals surface area contributed by atoms with Gasteiger partial charge in [0.25, 0.3) is 0 Å². The lowest BCUT2D eigenvalue weighted by Crippen LogP contribution is -2.30. The van der Waals surface area contributed by atoms with Crippen molar-refractivity contribution in [1.29, 1.82) is 0 Å². The highest BCUT2D eigenvalue weighted by Crippen LogP contribution is 2.20. The van der Waals surface area contributed by atoms with Gasteiger partial charge in [0.05, 0.1) is 0 Å². The average Bonchev–Trinajstić information content (AvgIpc) is 2.82. The monoisotopic (exact) mass is 256 g/mol. The highest BCUT2D eigenvalue weighted by Gasteiger charge is 2.17. The first-order chi connectivity index (χ1) is 9.33. The molecule has 0 amide bonds. The highest BCUT2D eigenvalue weighted by atomic mass is 15.3. The third-order valence-corrected chi connectivity index (χ3v) is 3.70. The lowest BCUT2D eigenvalue weighted by Gasteiger charge is -2.22. The molecule has 0 saturated carbocycles. The van der Waals surface area contributed by atoms with Gasteiger partial charge in [0.2, 0.25) is 0 Å². The molecule has 0 radical (unpaired) electrons. The van der Waals surface area contributed by atoms with Gasteiger partial charge in [-0.2, -0.15) is 5.10 Å². The van der Waals surface area contributed by atoms with Crippen LogP contribution < -0.4 is 5.32 Å². The molecule has 2 aromatic rings. The standard InChI is InChI=1S/C15H20N4/c1-12-17-15(14-5-3-2-4-6-14)19(18-12)11-13-7-9-16-10-8-13/h2-6,13,16H,7-11H2,1H3. The van der Waals surface area contributed by atoms with Gasteiger partial charge in [-0.05, 0) is 38.8 Å². The van der Waals surface area contributed by atoms with E-state index in [2.05, 4.69) is 32.2 Å². The van der Waals surface area contributed by atoms with Crippen molar-refractivity contribution in [2.45, 2.75) is 26.3 Å². The molecule has 4 heteroatoms. The molecular weight excluding hydrogens is 236 g/mol. The summed E-state index contributed by atoms with van der Waals surface area (Å²) in [4.78, 5) is 4.58. The molecular formula is C15H20N4. The zero-order valence-electron chi connectivity index (χ0n) is 11.3. The number of aryl methyl sites for hydroxylation is 1. The number of benzene rings is 1. The molecule has 0 unspecified atom stereocenters. The van der Waals surface area contributed by atoms with E-state index in [4.69, 9.17) is 0 Å². The van der Waals surface area contributed by atoms with Gasteiger partial charge < -0.3 is 5.32 Å². The third-order valence-electron chi connectivity index (χ3n) is 3.70. The Morgan fingerprint density at radius 3 is 2.68 bits per heavy atom. The lowest BCUT2D eigenvalue weighted by atomic mass is 9.98. The van der Waals surface area contributed by atoms with Gasteiger partial charge in [0.15, 0.2) is 5.82 Å². The Bertz CT molecular complexity index is 526. The molecule has 4 nitrogen and oxygen atoms in total. The van der Waals surface area contributed by atoms with E-state index in [0.29, 0.717) is 5.92 Å². The molecule has 0 bridgehead atoms. The maximum atomic E-state index is 4.58. The Morgan fingerprint density at radius 2 is 1.95 bits per heavy atom. The Labute approximate surface area is 113 Å². The molecule has 1 aliphatic rings. The number of rotatable bonds is 3. The fraction of sp³-hybridized carbons (Fsp3) is 0.467. The van der Waals surface area contributed by atoms with Crippen molar-refractivity contribution in [3.8, 4) is 11.4 Å². The molecule has 2 heterocycles. The van der Waals surface area contributed by atoms with E-state index in [1.807, 2.05) is 25.1 Å². The summed E-state index contributed by atoms with van der Waals surface area (Å²) in [6.07, 6.45) is 2.46. The molecule has 100 valence electrons.